The van der Waals surface area contributed by atoms with Crippen LogP contribution in [0.4, 0.5) is 0 Å². The first-order valence-electron chi connectivity index (χ1n) is 8.66. The summed E-state index contributed by atoms with van der Waals surface area (Å²) in [6.45, 7) is 4.50. The SMILES string of the molecule is NC(=O)c1noc(CN2C[C@H]3CC[C@@H](C2)N(Cc2ccccn2)C3)n1. The van der Waals surface area contributed by atoms with Gasteiger partial charge in [0.1, 0.15) is 0 Å². The molecule has 8 heteroatoms. The van der Waals surface area contributed by atoms with E-state index in [1.165, 1.54) is 12.8 Å². The van der Waals surface area contributed by atoms with Crippen LogP contribution in [0.5, 0.6) is 0 Å². The van der Waals surface area contributed by atoms with Crippen LogP contribution in [0.15, 0.2) is 28.9 Å². The second-order valence-electron chi connectivity index (χ2n) is 6.92. The first-order valence-corrected chi connectivity index (χ1v) is 8.66. The molecular formula is C17H22N6O2. The molecule has 3 fully saturated rings. The third kappa shape index (κ3) is 3.69. The zero-order valence-electron chi connectivity index (χ0n) is 14.0. The number of carbonyl (C=O) groups is 1. The van der Waals surface area contributed by atoms with Crippen molar-refractivity contribution in [2.75, 3.05) is 19.6 Å². The number of pyridine rings is 1. The summed E-state index contributed by atoms with van der Waals surface area (Å²) in [5, 5.41) is 3.62. The molecule has 3 saturated heterocycles. The molecule has 0 spiro atoms. The molecular weight excluding hydrogens is 320 g/mol. The molecule has 0 saturated carbocycles. The summed E-state index contributed by atoms with van der Waals surface area (Å²) in [5.74, 6) is 0.365. The molecule has 2 aromatic heterocycles. The molecule has 0 aliphatic carbocycles. The van der Waals surface area contributed by atoms with Crippen LogP contribution >= 0.6 is 0 Å². The van der Waals surface area contributed by atoms with E-state index in [1.807, 2.05) is 18.3 Å². The standard InChI is InChI=1S/C17H22N6O2/c18-16(24)17-20-15(25-21-17)11-22-7-12-4-5-14(10-22)23(8-12)9-13-3-1-2-6-19-13/h1-3,6,12,14H,4-5,7-11H2,(H2,18,24)/t12-,14+/m1/s1. The summed E-state index contributed by atoms with van der Waals surface area (Å²) in [4.78, 5) is 24.5. The number of aromatic nitrogens is 3. The Balaban J connectivity index is 1.42. The molecule has 25 heavy (non-hydrogen) atoms. The quantitative estimate of drug-likeness (QED) is 0.851. The van der Waals surface area contributed by atoms with Gasteiger partial charge in [-0.25, -0.2) is 0 Å². The van der Waals surface area contributed by atoms with Crippen LogP contribution in [0.25, 0.3) is 0 Å². The molecule has 8 nitrogen and oxygen atoms in total. The van der Waals surface area contributed by atoms with Crippen molar-refractivity contribution in [3.63, 3.8) is 0 Å². The van der Waals surface area contributed by atoms with Crippen molar-refractivity contribution in [1.29, 1.82) is 0 Å². The van der Waals surface area contributed by atoms with Crippen molar-refractivity contribution >= 4 is 5.91 Å². The number of rotatable bonds is 5. The Morgan fingerprint density at radius 3 is 2.92 bits per heavy atom. The van der Waals surface area contributed by atoms with E-state index in [0.29, 0.717) is 24.4 Å². The Morgan fingerprint density at radius 2 is 2.16 bits per heavy atom. The van der Waals surface area contributed by atoms with Crippen LogP contribution in [-0.2, 0) is 13.1 Å². The number of carbonyl (C=O) groups excluding carboxylic acids is 1. The van der Waals surface area contributed by atoms with Crippen molar-refractivity contribution < 1.29 is 9.32 Å². The highest BCUT2D eigenvalue weighted by atomic mass is 16.5. The van der Waals surface area contributed by atoms with Crippen LogP contribution in [0.3, 0.4) is 0 Å². The zero-order valence-corrected chi connectivity index (χ0v) is 14.0. The van der Waals surface area contributed by atoms with Gasteiger partial charge in [-0.1, -0.05) is 11.2 Å². The normalized spacial score (nSPS) is 24.3. The van der Waals surface area contributed by atoms with Gasteiger partial charge in [-0.05, 0) is 30.9 Å². The van der Waals surface area contributed by atoms with Crippen molar-refractivity contribution in [2.24, 2.45) is 11.7 Å². The van der Waals surface area contributed by atoms with Gasteiger partial charge in [0.2, 0.25) is 5.89 Å². The maximum atomic E-state index is 11.1. The van der Waals surface area contributed by atoms with Crippen LogP contribution in [0.2, 0.25) is 0 Å². The highest BCUT2D eigenvalue weighted by Gasteiger charge is 2.35. The minimum atomic E-state index is -0.660. The van der Waals surface area contributed by atoms with E-state index in [1.54, 1.807) is 0 Å². The molecule has 3 aliphatic rings. The van der Waals surface area contributed by atoms with E-state index >= 15 is 0 Å². The number of nitrogens with zero attached hydrogens (tertiary/aromatic N) is 5. The molecule has 3 aliphatic heterocycles. The van der Waals surface area contributed by atoms with Gasteiger partial charge in [-0.2, -0.15) is 4.98 Å². The molecule has 5 heterocycles. The third-order valence-corrected chi connectivity index (χ3v) is 5.04. The van der Waals surface area contributed by atoms with Gasteiger partial charge in [0, 0.05) is 38.4 Å². The molecule has 1 amide bonds. The van der Waals surface area contributed by atoms with E-state index < -0.39 is 5.91 Å². The van der Waals surface area contributed by atoms with E-state index in [0.717, 1.165) is 31.9 Å². The third-order valence-electron chi connectivity index (χ3n) is 5.04. The fourth-order valence-electron chi connectivity index (χ4n) is 3.91. The lowest BCUT2D eigenvalue weighted by atomic mass is 9.95. The average Bonchev–Trinajstić information content (AvgIpc) is 2.90. The Labute approximate surface area is 146 Å². The summed E-state index contributed by atoms with van der Waals surface area (Å²) in [7, 11) is 0. The lowest BCUT2D eigenvalue weighted by molar-refractivity contribution is 0.0987. The maximum Gasteiger partial charge on any atom is 0.290 e. The van der Waals surface area contributed by atoms with Crippen molar-refractivity contribution in [3.05, 3.63) is 41.8 Å². The Bertz CT molecular complexity index is 734. The first kappa shape index (κ1) is 16.2. The number of hydrogen-bond acceptors (Lipinski definition) is 7. The predicted molar refractivity (Wildman–Crippen MR) is 89.3 cm³/mol. The number of primary amides is 1. The van der Waals surface area contributed by atoms with Gasteiger partial charge in [0.25, 0.3) is 11.7 Å². The fourth-order valence-corrected chi connectivity index (χ4v) is 3.91. The minimum absolute atomic E-state index is 0.0513. The second kappa shape index (κ2) is 6.89. The van der Waals surface area contributed by atoms with Crippen LogP contribution in [-0.4, -0.2) is 56.5 Å². The molecule has 132 valence electrons. The van der Waals surface area contributed by atoms with Gasteiger partial charge in [-0.15, -0.1) is 0 Å². The van der Waals surface area contributed by atoms with Gasteiger partial charge in [0.15, 0.2) is 0 Å². The predicted octanol–water partition coefficient (Wildman–Crippen LogP) is 0.660. The number of piperidine rings is 1. The largest absolute Gasteiger partial charge is 0.363 e. The van der Waals surface area contributed by atoms with Crippen molar-refractivity contribution in [3.8, 4) is 0 Å². The molecule has 0 unspecified atom stereocenters. The van der Waals surface area contributed by atoms with Crippen LogP contribution < -0.4 is 5.73 Å². The highest BCUT2D eigenvalue weighted by molar-refractivity contribution is 5.88. The summed E-state index contributed by atoms with van der Waals surface area (Å²) in [6.07, 6.45) is 4.30. The maximum absolute atomic E-state index is 11.1. The van der Waals surface area contributed by atoms with E-state index in [2.05, 4.69) is 31.0 Å². The molecule has 0 aromatic carbocycles. The second-order valence-corrected chi connectivity index (χ2v) is 6.92. The smallest absolute Gasteiger partial charge is 0.290 e. The van der Waals surface area contributed by atoms with Crippen molar-refractivity contribution in [1.82, 2.24) is 24.9 Å². The van der Waals surface area contributed by atoms with Gasteiger partial charge in [-0.3, -0.25) is 19.6 Å². The summed E-state index contributed by atoms with van der Waals surface area (Å²) in [6, 6.07) is 6.57. The lowest BCUT2D eigenvalue weighted by Gasteiger charge is -2.35. The minimum Gasteiger partial charge on any atom is -0.363 e. The van der Waals surface area contributed by atoms with E-state index in [9.17, 15) is 4.79 Å². The van der Waals surface area contributed by atoms with E-state index in [4.69, 9.17) is 10.3 Å². The molecule has 2 bridgehead atoms. The summed E-state index contributed by atoms with van der Waals surface area (Å²) >= 11 is 0. The van der Waals surface area contributed by atoms with Gasteiger partial charge in [0.05, 0.1) is 12.2 Å². The lowest BCUT2D eigenvalue weighted by Crippen LogP contribution is -2.43. The van der Waals surface area contributed by atoms with Gasteiger partial charge >= 0.3 is 0 Å². The molecule has 0 radical (unpaired) electrons. The van der Waals surface area contributed by atoms with Crippen LogP contribution in [0.1, 0.15) is 35.0 Å². The topological polar surface area (TPSA) is 101 Å². The number of nitrogens with two attached hydrogens (primary N) is 1. The molecule has 2 N–H and O–H groups in total. The number of fused-ring (bicyclic) bond motifs is 4. The highest BCUT2D eigenvalue weighted by Crippen LogP contribution is 2.29. The zero-order chi connectivity index (χ0) is 17.2. The Hall–Kier alpha value is -2.32. The molecule has 5 rings (SSSR count). The monoisotopic (exact) mass is 342 g/mol. The van der Waals surface area contributed by atoms with Gasteiger partial charge < -0.3 is 10.3 Å². The number of amides is 1. The molecule has 2 aromatic rings. The van der Waals surface area contributed by atoms with E-state index in [-0.39, 0.29) is 5.82 Å². The van der Waals surface area contributed by atoms with Crippen LogP contribution in [0, 0.1) is 5.92 Å². The van der Waals surface area contributed by atoms with Crippen molar-refractivity contribution in [2.45, 2.75) is 32.0 Å². The first-order chi connectivity index (χ1) is 12.2. The Kier molecular flexibility index (Phi) is 4.46. The number of hydrogen-bond donors (Lipinski definition) is 1. The summed E-state index contributed by atoms with van der Waals surface area (Å²) in [5.41, 5.74) is 6.30. The average molecular weight is 342 g/mol. The molecule has 2 atom stereocenters. The summed E-state index contributed by atoms with van der Waals surface area (Å²) < 4.78 is 5.16. The fraction of sp³-hybridized carbons (Fsp3) is 0.529. The Morgan fingerprint density at radius 1 is 1.24 bits per heavy atom.